The summed E-state index contributed by atoms with van der Waals surface area (Å²) in [5, 5.41) is 18.2. The van der Waals surface area contributed by atoms with Crippen molar-refractivity contribution in [3.8, 4) is 17.0 Å². The van der Waals surface area contributed by atoms with Crippen molar-refractivity contribution in [2.75, 3.05) is 37.7 Å². The molecule has 4 heterocycles. The number of H-pyrrole nitrogens is 1. The lowest BCUT2D eigenvalue weighted by Gasteiger charge is -2.24. The molecule has 0 saturated carbocycles. The zero-order valence-corrected chi connectivity index (χ0v) is 18.6. The van der Waals surface area contributed by atoms with Gasteiger partial charge in [0.15, 0.2) is 29.0 Å². The molecule has 2 aromatic heterocycles. The second-order valence-corrected chi connectivity index (χ2v) is 8.44. The summed E-state index contributed by atoms with van der Waals surface area (Å²) in [5.41, 5.74) is 1.43. The Labute approximate surface area is 198 Å². The van der Waals surface area contributed by atoms with Gasteiger partial charge >= 0.3 is 0 Å². The molecular weight excluding hydrogens is 465 g/mol. The molecule has 1 aromatic carbocycles. The number of carbonyl (C=O) groups excluding carboxylic acids is 1. The molecule has 2 atom stereocenters. The monoisotopic (exact) mass is 488 g/mol. The highest BCUT2D eigenvalue weighted by molar-refractivity contribution is 5.98. The van der Waals surface area contributed by atoms with Gasteiger partial charge in [0.2, 0.25) is 5.91 Å². The maximum absolute atomic E-state index is 13.6. The average molecular weight is 488 g/mol. The van der Waals surface area contributed by atoms with Crippen molar-refractivity contribution in [2.45, 2.75) is 18.9 Å². The fraction of sp³-hybridized carbons (Fsp3) is 0.391. The van der Waals surface area contributed by atoms with E-state index in [1.807, 2.05) is 0 Å². The van der Waals surface area contributed by atoms with Crippen LogP contribution >= 0.6 is 0 Å². The number of hydrogen-bond acceptors (Lipinski definition) is 7. The largest absolute Gasteiger partial charge is 0.485 e. The van der Waals surface area contributed by atoms with E-state index in [-0.39, 0.29) is 30.6 Å². The van der Waals surface area contributed by atoms with Crippen LogP contribution in [0.4, 0.5) is 19.0 Å². The first-order chi connectivity index (χ1) is 17.0. The normalized spacial score (nSPS) is 20.4. The number of carbonyl (C=O) groups is 1. The molecule has 2 aliphatic rings. The fourth-order valence-electron chi connectivity index (χ4n) is 4.33. The minimum atomic E-state index is -1.53. The smallest absolute Gasteiger partial charge is 0.231 e. The Morgan fingerprint density at radius 2 is 2.03 bits per heavy atom. The van der Waals surface area contributed by atoms with Gasteiger partial charge in [-0.2, -0.15) is 15.3 Å². The van der Waals surface area contributed by atoms with Gasteiger partial charge in [-0.15, -0.1) is 0 Å². The Hall–Kier alpha value is -3.51. The molecule has 0 spiro atoms. The molecule has 2 saturated heterocycles. The maximum atomic E-state index is 13.6. The number of aromatic nitrogens is 4. The van der Waals surface area contributed by atoms with Crippen LogP contribution in [0.5, 0.6) is 5.75 Å². The van der Waals surface area contributed by atoms with Gasteiger partial charge in [-0.3, -0.25) is 14.8 Å². The van der Waals surface area contributed by atoms with E-state index < -0.39 is 23.4 Å². The molecule has 35 heavy (non-hydrogen) atoms. The zero-order valence-electron chi connectivity index (χ0n) is 18.6. The Morgan fingerprint density at radius 1 is 1.20 bits per heavy atom. The predicted molar refractivity (Wildman–Crippen MR) is 118 cm³/mol. The molecule has 9 nitrogen and oxygen atoms in total. The molecule has 1 amide bonds. The van der Waals surface area contributed by atoms with Crippen molar-refractivity contribution in [3.63, 3.8) is 0 Å². The van der Waals surface area contributed by atoms with Crippen LogP contribution in [-0.2, 0) is 16.0 Å². The van der Waals surface area contributed by atoms with Crippen molar-refractivity contribution in [1.82, 2.24) is 25.7 Å². The number of aromatic amines is 1. The van der Waals surface area contributed by atoms with Crippen LogP contribution in [-0.4, -0.2) is 65.3 Å². The van der Waals surface area contributed by atoms with Crippen LogP contribution in [0, 0.1) is 23.4 Å². The summed E-state index contributed by atoms with van der Waals surface area (Å²) >= 11 is 0. The van der Waals surface area contributed by atoms with Crippen LogP contribution in [0.2, 0.25) is 0 Å². The summed E-state index contributed by atoms with van der Waals surface area (Å²) < 4.78 is 52.4. The number of ether oxygens (including phenoxy) is 2. The van der Waals surface area contributed by atoms with Crippen molar-refractivity contribution >= 4 is 11.7 Å². The molecule has 0 aliphatic carbocycles. The number of hydrogen-bond donors (Lipinski definition) is 2. The van der Waals surface area contributed by atoms with Gasteiger partial charge in [0, 0.05) is 31.1 Å². The van der Waals surface area contributed by atoms with E-state index in [0.717, 1.165) is 18.7 Å². The van der Waals surface area contributed by atoms with E-state index in [1.165, 1.54) is 11.1 Å². The number of rotatable bonds is 7. The van der Waals surface area contributed by atoms with Crippen LogP contribution < -0.4 is 15.0 Å². The molecule has 2 N–H and O–H groups in total. The van der Waals surface area contributed by atoms with E-state index >= 15 is 0 Å². The van der Waals surface area contributed by atoms with Gasteiger partial charge in [-0.1, -0.05) is 0 Å². The summed E-state index contributed by atoms with van der Waals surface area (Å²) in [6.45, 7) is 2.56. The van der Waals surface area contributed by atoms with Crippen molar-refractivity contribution < 1.29 is 27.4 Å². The number of nitrogens with one attached hydrogen (secondary N) is 2. The number of halogens is 3. The lowest BCUT2D eigenvalue weighted by molar-refractivity contribution is -0.120. The van der Waals surface area contributed by atoms with Crippen LogP contribution in [0.15, 0.2) is 30.6 Å². The summed E-state index contributed by atoms with van der Waals surface area (Å²) in [5.74, 6) is -4.20. The summed E-state index contributed by atoms with van der Waals surface area (Å²) in [4.78, 5) is 14.7. The SMILES string of the molecule is O=C1C(Cc2cc(F)c(F)c(F)c2)CCN1c1n[nH]c(-c2ccnnc2)c1OC[C@H]1CNCCO1. The molecule has 184 valence electrons. The molecule has 3 aromatic rings. The van der Waals surface area contributed by atoms with Crippen molar-refractivity contribution in [3.05, 3.63) is 53.6 Å². The van der Waals surface area contributed by atoms with E-state index in [1.54, 1.807) is 12.3 Å². The summed E-state index contributed by atoms with van der Waals surface area (Å²) in [6.07, 6.45) is 3.43. The Morgan fingerprint density at radius 3 is 2.74 bits per heavy atom. The van der Waals surface area contributed by atoms with Gasteiger partial charge < -0.3 is 14.8 Å². The number of anilines is 1. The highest BCUT2D eigenvalue weighted by Crippen LogP contribution is 2.39. The fourth-order valence-corrected chi connectivity index (χ4v) is 4.33. The molecule has 5 rings (SSSR count). The standard InChI is InChI=1S/C23H23F3N6O3/c24-17-8-13(9-18(25)19(17)26)7-14-2-5-32(23(14)33)22-21(35-12-16-11-27-4-6-34-16)20(30-31-22)15-1-3-28-29-10-15/h1,3,8-10,14,16,27H,2,4-7,11-12H2,(H,30,31)/t14?,16-/m1/s1. The van der Waals surface area contributed by atoms with Gasteiger partial charge in [0.25, 0.3) is 0 Å². The highest BCUT2D eigenvalue weighted by atomic mass is 19.2. The van der Waals surface area contributed by atoms with E-state index in [9.17, 15) is 18.0 Å². The molecular formula is C23H23F3N6O3. The molecule has 0 radical (unpaired) electrons. The van der Waals surface area contributed by atoms with Crippen LogP contribution in [0.1, 0.15) is 12.0 Å². The van der Waals surface area contributed by atoms with Crippen molar-refractivity contribution in [2.24, 2.45) is 5.92 Å². The van der Waals surface area contributed by atoms with E-state index in [4.69, 9.17) is 9.47 Å². The predicted octanol–water partition coefficient (Wildman–Crippen LogP) is 2.25. The Kier molecular flexibility index (Phi) is 6.64. The van der Waals surface area contributed by atoms with Gasteiger partial charge in [-0.05, 0) is 36.6 Å². The minimum Gasteiger partial charge on any atom is -0.485 e. The van der Waals surface area contributed by atoms with Crippen LogP contribution in [0.25, 0.3) is 11.3 Å². The van der Waals surface area contributed by atoms with Crippen LogP contribution in [0.3, 0.4) is 0 Å². The summed E-state index contributed by atoms with van der Waals surface area (Å²) in [6, 6.07) is 3.58. The lowest BCUT2D eigenvalue weighted by Crippen LogP contribution is -2.41. The van der Waals surface area contributed by atoms with E-state index in [2.05, 4.69) is 25.7 Å². The second kappa shape index (κ2) is 10.0. The molecule has 12 heteroatoms. The molecule has 0 bridgehead atoms. The third kappa shape index (κ3) is 4.84. The first-order valence-electron chi connectivity index (χ1n) is 11.3. The molecule has 2 aliphatic heterocycles. The zero-order chi connectivity index (χ0) is 24.4. The number of morpholine rings is 1. The third-order valence-electron chi connectivity index (χ3n) is 6.09. The number of nitrogens with zero attached hydrogens (tertiary/aromatic N) is 4. The number of amides is 1. The lowest BCUT2D eigenvalue weighted by atomic mass is 9.98. The number of benzene rings is 1. The third-order valence-corrected chi connectivity index (χ3v) is 6.09. The Balaban J connectivity index is 1.38. The first-order valence-corrected chi connectivity index (χ1v) is 11.3. The molecule has 1 unspecified atom stereocenters. The van der Waals surface area contributed by atoms with Gasteiger partial charge in [-0.25, -0.2) is 13.2 Å². The Bertz CT molecular complexity index is 1180. The quantitative estimate of drug-likeness (QED) is 0.492. The maximum Gasteiger partial charge on any atom is 0.231 e. The first kappa shape index (κ1) is 23.2. The topological polar surface area (TPSA) is 105 Å². The van der Waals surface area contributed by atoms with Gasteiger partial charge in [0.05, 0.1) is 19.0 Å². The summed E-state index contributed by atoms with van der Waals surface area (Å²) in [7, 11) is 0. The average Bonchev–Trinajstić information content (AvgIpc) is 3.45. The minimum absolute atomic E-state index is 0.0762. The van der Waals surface area contributed by atoms with E-state index in [0.29, 0.717) is 48.9 Å². The van der Waals surface area contributed by atoms with Crippen molar-refractivity contribution in [1.29, 1.82) is 0 Å². The van der Waals surface area contributed by atoms with Gasteiger partial charge in [0.1, 0.15) is 18.4 Å². The molecule has 2 fully saturated rings. The highest BCUT2D eigenvalue weighted by Gasteiger charge is 2.37. The second-order valence-electron chi connectivity index (χ2n) is 8.44.